The molecule has 0 fully saturated rings. The van der Waals surface area contributed by atoms with E-state index in [2.05, 4.69) is 16.0 Å². The molecule has 0 aromatic heterocycles. The summed E-state index contributed by atoms with van der Waals surface area (Å²) in [6.45, 7) is 0.518. The molecule has 0 aliphatic carbocycles. The zero-order valence-corrected chi connectivity index (χ0v) is 21.9. The standard InChI is InChI=1S/C32H32N4O3/c1-36(23-25-12-6-3-7-13-25)32(39)26-14-8-16-28(20-26)35-31(38)22-33-27-15-9-17-29(21-27)34-30(37)19-18-24-10-4-2-5-11-24/h2-17,20-21,33H,18-19,22-23H2,1H3,(H,34,37)(H,35,38). The SMILES string of the molecule is CN(Cc1ccccc1)C(=O)c1cccc(NC(=O)CNc2cccc(NC(=O)CCc3ccccc3)c2)c1. The van der Waals surface area contributed by atoms with E-state index >= 15 is 0 Å². The number of benzene rings is 4. The summed E-state index contributed by atoms with van der Waals surface area (Å²) in [5.74, 6) is -0.456. The summed E-state index contributed by atoms with van der Waals surface area (Å²) >= 11 is 0. The summed E-state index contributed by atoms with van der Waals surface area (Å²) < 4.78 is 0. The van der Waals surface area contributed by atoms with Gasteiger partial charge in [0, 0.05) is 42.6 Å². The molecule has 0 aliphatic rings. The number of nitrogens with zero attached hydrogens (tertiary/aromatic N) is 1. The van der Waals surface area contributed by atoms with E-state index in [9.17, 15) is 14.4 Å². The predicted octanol–water partition coefficient (Wildman–Crippen LogP) is 5.58. The van der Waals surface area contributed by atoms with Crippen molar-refractivity contribution in [2.75, 3.05) is 29.5 Å². The number of carbonyl (C=O) groups excluding carboxylic acids is 3. The third-order valence-corrected chi connectivity index (χ3v) is 6.09. The summed E-state index contributed by atoms with van der Waals surface area (Å²) in [5, 5.41) is 8.82. The molecule has 7 nitrogen and oxygen atoms in total. The molecule has 0 atom stereocenters. The smallest absolute Gasteiger partial charge is 0.253 e. The highest BCUT2D eigenvalue weighted by atomic mass is 16.2. The molecule has 4 rings (SSSR count). The molecule has 0 bridgehead atoms. The van der Waals surface area contributed by atoms with Crippen LogP contribution < -0.4 is 16.0 Å². The zero-order valence-electron chi connectivity index (χ0n) is 21.9. The van der Waals surface area contributed by atoms with Crippen LogP contribution in [0.15, 0.2) is 109 Å². The first-order valence-electron chi connectivity index (χ1n) is 12.8. The summed E-state index contributed by atoms with van der Waals surface area (Å²) in [5.41, 5.74) is 4.56. The first-order chi connectivity index (χ1) is 19.0. The Bertz CT molecular complexity index is 1410. The van der Waals surface area contributed by atoms with Gasteiger partial charge in [-0.15, -0.1) is 0 Å². The second-order valence-electron chi connectivity index (χ2n) is 9.24. The van der Waals surface area contributed by atoms with Gasteiger partial charge in [0.05, 0.1) is 6.54 Å². The molecule has 4 aromatic carbocycles. The predicted molar refractivity (Wildman–Crippen MR) is 156 cm³/mol. The van der Waals surface area contributed by atoms with Crippen molar-refractivity contribution in [1.82, 2.24) is 4.90 Å². The molecular weight excluding hydrogens is 488 g/mol. The lowest BCUT2D eigenvalue weighted by atomic mass is 10.1. The summed E-state index contributed by atoms with van der Waals surface area (Å²) in [4.78, 5) is 39.5. The maximum Gasteiger partial charge on any atom is 0.253 e. The van der Waals surface area contributed by atoms with Gasteiger partial charge in [-0.3, -0.25) is 14.4 Å². The third kappa shape index (κ3) is 8.57. The van der Waals surface area contributed by atoms with Crippen LogP contribution in [0.25, 0.3) is 0 Å². The Balaban J connectivity index is 1.26. The maximum absolute atomic E-state index is 12.9. The highest BCUT2D eigenvalue weighted by Crippen LogP contribution is 2.17. The van der Waals surface area contributed by atoms with Crippen LogP contribution in [0.4, 0.5) is 17.1 Å². The van der Waals surface area contributed by atoms with Crippen LogP contribution in [-0.2, 0) is 22.6 Å². The Kier molecular flexibility index (Phi) is 9.45. The lowest BCUT2D eigenvalue weighted by molar-refractivity contribution is -0.116. The van der Waals surface area contributed by atoms with Crippen molar-refractivity contribution in [3.8, 4) is 0 Å². The van der Waals surface area contributed by atoms with Gasteiger partial charge in [-0.05, 0) is 53.9 Å². The van der Waals surface area contributed by atoms with E-state index in [1.54, 1.807) is 42.3 Å². The van der Waals surface area contributed by atoms with Gasteiger partial charge in [-0.25, -0.2) is 0 Å². The quantitative estimate of drug-likeness (QED) is 0.241. The highest BCUT2D eigenvalue weighted by molar-refractivity contribution is 5.98. The summed E-state index contributed by atoms with van der Waals surface area (Å²) in [7, 11) is 1.75. The van der Waals surface area contributed by atoms with Crippen LogP contribution in [0.2, 0.25) is 0 Å². The number of rotatable bonds is 11. The van der Waals surface area contributed by atoms with Crippen LogP contribution in [-0.4, -0.2) is 36.2 Å². The number of hydrogen-bond donors (Lipinski definition) is 3. The van der Waals surface area contributed by atoms with Crippen molar-refractivity contribution >= 4 is 34.8 Å². The Morgan fingerprint density at radius 2 is 1.23 bits per heavy atom. The van der Waals surface area contributed by atoms with Gasteiger partial charge in [-0.1, -0.05) is 72.8 Å². The van der Waals surface area contributed by atoms with Crippen LogP contribution in [0.1, 0.15) is 27.9 Å². The van der Waals surface area contributed by atoms with E-state index in [-0.39, 0.29) is 24.3 Å². The fourth-order valence-corrected chi connectivity index (χ4v) is 4.10. The van der Waals surface area contributed by atoms with Crippen molar-refractivity contribution in [3.05, 3.63) is 126 Å². The molecule has 0 saturated heterocycles. The van der Waals surface area contributed by atoms with Crippen LogP contribution in [0, 0.1) is 0 Å². The molecular formula is C32H32N4O3. The minimum Gasteiger partial charge on any atom is -0.376 e. The number of nitrogens with one attached hydrogen (secondary N) is 3. The average Bonchev–Trinajstić information content (AvgIpc) is 2.96. The molecule has 3 N–H and O–H groups in total. The number of anilines is 3. The molecule has 0 unspecified atom stereocenters. The van der Waals surface area contributed by atoms with Crippen LogP contribution >= 0.6 is 0 Å². The fraction of sp³-hybridized carbons (Fsp3) is 0.156. The van der Waals surface area contributed by atoms with Gasteiger partial charge in [-0.2, -0.15) is 0 Å². The van der Waals surface area contributed by atoms with Crippen molar-refractivity contribution in [3.63, 3.8) is 0 Å². The van der Waals surface area contributed by atoms with E-state index in [4.69, 9.17) is 0 Å². The van der Waals surface area contributed by atoms with Crippen LogP contribution in [0.5, 0.6) is 0 Å². The minimum atomic E-state index is -0.255. The maximum atomic E-state index is 12.9. The van der Waals surface area contributed by atoms with Gasteiger partial charge >= 0.3 is 0 Å². The Morgan fingerprint density at radius 1 is 0.641 bits per heavy atom. The lowest BCUT2D eigenvalue weighted by Crippen LogP contribution is -2.26. The lowest BCUT2D eigenvalue weighted by Gasteiger charge is -2.18. The number of aryl methyl sites for hydroxylation is 1. The Labute approximate surface area is 228 Å². The fourth-order valence-electron chi connectivity index (χ4n) is 4.10. The second kappa shape index (κ2) is 13.6. The van der Waals surface area contributed by atoms with E-state index in [1.807, 2.05) is 78.9 Å². The first kappa shape index (κ1) is 27.1. The minimum absolute atomic E-state index is 0.0253. The average molecular weight is 521 g/mol. The topological polar surface area (TPSA) is 90.5 Å². The third-order valence-electron chi connectivity index (χ3n) is 6.09. The van der Waals surface area contributed by atoms with Crippen molar-refractivity contribution in [1.29, 1.82) is 0 Å². The Hall–Kier alpha value is -4.91. The van der Waals surface area contributed by atoms with Crippen molar-refractivity contribution in [2.45, 2.75) is 19.4 Å². The first-order valence-corrected chi connectivity index (χ1v) is 12.8. The molecule has 0 aliphatic heterocycles. The van der Waals surface area contributed by atoms with Gasteiger partial charge in [0.25, 0.3) is 5.91 Å². The largest absolute Gasteiger partial charge is 0.376 e. The summed E-state index contributed by atoms with van der Waals surface area (Å²) in [6, 6.07) is 33.8. The summed E-state index contributed by atoms with van der Waals surface area (Å²) in [6.07, 6.45) is 1.05. The van der Waals surface area contributed by atoms with Gasteiger partial charge in [0.1, 0.15) is 0 Å². The number of amides is 3. The molecule has 0 saturated carbocycles. The molecule has 4 aromatic rings. The van der Waals surface area contributed by atoms with Gasteiger partial charge in [0.15, 0.2) is 0 Å². The van der Waals surface area contributed by atoms with Gasteiger partial charge in [0.2, 0.25) is 11.8 Å². The van der Waals surface area contributed by atoms with E-state index < -0.39 is 0 Å². The Morgan fingerprint density at radius 3 is 1.95 bits per heavy atom. The molecule has 3 amide bonds. The van der Waals surface area contributed by atoms with Gasteiger partial charge < -0.3 is 20.9 Å². The van der Waals surface area contributed by atoms with E-state index in [0.29, 0.717) is 42.0 Å². The van der Waals surface area contributed by atoms with E-state index in [1.165, 1.54) is 0 Å². The van der Waals surface area contributed by atoms with Crippen LogP contribution in [0.3, 0.4) is 0 Å². The van der Waals surface area contributed by atoms with Crippen molar-refractivity contribution in [2.24, 2.45) is 0 Å². The van der Waals surface area contributed by atoms with Crippen molar-refractivity contribution < 1.29 is 14.4 Å². The molecule has 198 valence electrons. The second-order valence-corrected chi connectivity index (χ2v) is 9.24. The highest BCUT2D eigenvalue weighted by Gasteiger charge is 2.13. The normalized spacial score (nSPS) is 10.4. The number of carbonyl (C=O) groups is 3. The molecule has 39 heavy (non-hydrogen) atoms. The molecule has 7 heteroatoms. The number of hydrogen-bond acceptors (Lipinski definition) is 4. The van der Waals surface area contributed by atoms with E-state index in [0.717, 1.165) is 11.1 Å². The molecule has 0 heterocycles. The monoisotopic (exact) mass is 520 g/mol. The zero-order chi connectivity index (χ0) is 27.5. The molecule has 0 spiro atoms. The molecule has 0 radical (unpaired) electrons.